The zero-order chi connectivity index (χ0) is 14.5. The summed E-state index contributed by atoms with van der Waals surface area (Å²) in [5.74, 6) is -0.0143. The van der Waals surface area contributed by atoms with Crippen LogP contribution in [0.3, 0.4) is 0 Å². The number of ether oxygens (including phenoxy) is 1. The van der Waals surface area contributed by atoms with Gasteiger partial charge in [-0.1, -0.05) is 18.5 Å². The van der Waals surface area contributed by atoms with Crippen molar-refractivity contribution in [2.45, 2.75) is 26.0 Å². The molecule has 1 aromatic heterocycles. The molecule has 0 bridgehead atoms. The van der Waals surface area contributed by atoms with Gasteiger partial charge in [0.2, 0.25) is 0 Å². The zero-order valence-corrected chi connectivity index (χ0v) is 12.8. The molecule has 0 spiro atoms. The predicted octanol–water partition coefficient (Wildman–Crippen LogP) is 1.61. The molecule has 1 fully saturated rings. The molecule has 5 nitrogen and oxygen atoms in total. The molecule has 2 heterocycles. The van der Waals surface area contributed by atoms with Gasteiger partial charge in [0.25, 0.3) is 5.91 Å². The first-order chi connectivity index (χ1) is 9.61. The molecule has 0 aromatic carbocycles. The summed E-state index contributed by atoms with van der Waals surface area (Å²) in [6.45, 7) is 5.82. The van der Waals surface area contributed by atoms with E-state index in [2.05, 4.69) is 12.2 Å². The van der Waals surface area contributed by atoms with Gasteiger partial charge in [0, 0.05) is 39.4 Å². The number of carbonyl (C=O) groups is 1. The molecule has 1 aliphatic rings. The number of aromatic nitrogens is 1. The summed E-state index contributed by atoms with van der Waals surface area (Å²) < 4.78 is 7.55. The van der Waals surface area contributed by atoms with Gasteiger partial charge in [0.15, 0.2) is 0 Å². The van der Waals surface area contributed by atoms with Gasteiger partial charge in [0.05, 0.1) is 17.7 Å². The smallest absolute Gasteiger partial charge is 0.270 e. The predicted molar refractivity (Wildman–Crippen MR) is 79.3 cm³/mol. The number of carbonyl (C=O) groups excluding carboxylic acids is 1. The van der Waals surface area contributed by atoms with E-state index in [4.69, 9.17) is 16.3 Å². The Morgan fingerprint density at radius 1 is 1.65 bits per heavy atom. The lowest BCUT2D eigenvalue weighted by atomic mass is 10.2. The highest BCUT2D eigenvalue weighted by molar-refractivity contribution is 6.31. The Morgan fingerprint density at radius 2 is 2.45 bits per heavy atom. The second-order valence-electron chi connectivity index (χ2n) is 5.12. The monoisotopic (exact) mass is 299 g/mol. The van der Waals surface area contributed by atoms with Crippen LogP contribution >= 0.6 is 11.6 Å². The van der Waals surface area contributed by atoms with Gasteiger partial charge < -0.3 is 19.5 Å². The van der Waals surface area contributed by atoms with Crippen LogP contribution in [0.2, 0.25) is 5.02 Å². The van der Waals surface area contributed by atoms with Gasteiger partial charge in [0.1, 0.15) is 5.69 Å². The van der Waals surface area contributed by atoms with E-state index in [0.717, 1.165) is 26.1 Å². The van der Waals surface area contributed by atoms with Gasteiger partial charge in [-0.3, -0.25) is 4.79 Å². The number of likely N-dealkylation sites (N-methyl/N-ethyl adjacent to an activating group) is 1. The van der Waals surface area contributed by atoms with Crippen LogP contribution in [-0.2, 0) is 11.3 Å². The number of rotatable bonds is 5. The first-order valence-corrected chi connectivity index (χ1v) is 7.43. The van der Waals surface area contributed by atoms with E-state index < -0.39 is 0 Å². The summed E-state index contributed by atoms with van der Waals surface area (Å²) >= 11 is 6.02. The van der Waals surface area contributed by atoms with Crippen LogP contribution in [0.5, 0.6) is 0 Å². The summed E-state index contributed by atoms with van der Waals surface area (Å²) in [5, 5.41) is 3.87. The van der Waals surface area contributed by atoms with Crippen molar-refractivity contribution in [3.8, 4) is 0 Å². The lowest BCUT2D eigenvalue weighted by molar-refractivity contribution is 0.0101. The second kappa shape index (κ2) is 7.11. The maximum Gasteiger partial charge on any atom is 0.270 e. The van der Waals surface area contributed by atoms with E-state index in [1.54, 1.807) is 18.0 Å². The van der Waals surface area contributed by atoms with Gasteiger partial charge in [-0.25, -0.2) is 0 Å². The minimum atomic E-state index is -0.0143. The Bertz CT molecular complexity index is 455. The number of amides is 1. The topological polar surface area (TPSA) is 46.5 Å². The minimum Gasteiger partial charge on any atom is -0.374 e. The molecule has 112 valence electrons. The molecule has 1 aliphatic heterocycles. The third-order valence-electron chi connectivity index (χ3n) is 3.38. The number of halogens is 1. The van der Waals surface area contributed by atoms with Crippen molar-refractivity contribution >= 4 is 17.5 Å². The molecular formula is C14H22ClN3O2. The van der Waals surface area contributed by atoms with E-state index in [0.29, 0.717) is 23.9 Å². The van der Waals surface area contributed by atoms with Crippen LogP contribution < -0.4 is 5.32 Å². The average Bonchev–Trinajstić information content (AvgIpc) is 2.80. The molecule has 1 unspecified atom stereocenters. The van der Waals surface area contributed by atoms with Gasteiger partial charge in [-0.05, 0) is 12.5 Å². The Hall–Kier alpha value is -1.04. The summed E-state index contributed by atoms with van der Waals surface area (Å²) in [6.07, 6.45) is 2.83. The highest BCUT2D eigenvalue weighted by Gasteiger charge is 2.21. The molecule has 1 aromatic rings. The van der Waals surface area contributed by atoms with Crippen LogP contribution in [0.15, 0.2) is 12.3 Å². The molecule has 0 aliphatic carbocycles. The molecule has 1 atom stereocenters. The molecule has 0 saturated carbocycles. The van der Waals surface area contributed by atoms with E-state index in [1.807, 2.05) is 10.8 Å². The van der Waals surface area contributed by atoms with Crippen LogP contribution in [0.25, 0.3) is 0 Å². The van der Waals surface area contributed by atoms with Crippen LogP contribution in [0, 0.1) is 0 Å². The number of nitrogens with one attached hydrogen (secondary N) is 1. The Labute approximate surface area is 124 Å². The van der Waals surface area contributed by atoms with E-state index in [1.165, 1.54) is 0 Å². The first kappa shape index (κ1) is 15.4. The summed E-state index contributed by atoms with van der Waals surface area (Å²) in [6, 6.07) is 1.73. The fraction of sp³-hybridized carbons (Fsp3) is 0.643. The fourth-order valence-electron chi connectivity index (χ4n) is 2.40. The van der Waals surface area contributed by atoms with E-state index in [9.17, 15) is 4.79 Å². The van der Waals surface area contributed by atoms with E-state index >= 15 is 0 Å². The number of hydrogen-bond acceptors (Lipinski definition) is 3. The highest BCUT2D eigenvalue weighted by Crippen LogP contribution is 2.16. The Kier molecular flexibility index (Phi) is 5.46. The van der Waals surface area contributed by atoms with Crippen molar-refractivity contribution in [2.24, 2.45) is 0 Å². The summed E-state index contributed by atoms with van der Waals surface area (Å²) in [5.41, 5.74) is 0.642. The maximum absolute atomic E-state index is 12.5. The van der Waals surface area contributed by atoms with Crippen molar-refractivity contribution in [1.29, 1.82) is 0 Å². The molecule has 1 amide bonds. The quantitative estimate of drug-likeness (QED) is 0.898. The third kappa shape index (κ3) is 3.75. The fourth-order valence-corrected chi connectivity index (χ4v) is 2.62. The zero-order valence-electron chi connectivity index (χ0n) is 12.1. The number of aryl methyl sites for hydroxylation is 1. The van der Waals surface area contributed by atoms with Crippen molar-refractivity contribution in [3.63, 3.8) is 0 Å². The number of nitrogens with zero attached hydrogens (tertiary/aromatic N) is 2. The van der Waals surface area contributed by atoms with Gasteiger partial charge in [-0.2, -0.15) is 0 Å². The molecule has 2 rings (SSSR count). The van der Waals surface area contributed by atoms with E-state index in [-0.39, 0.29) is 12.0 Å². The van der Waals surface area contributed by atoms with Crippen molar-refractivity contribution in [1.82, 2.24) is 14.8 Å². The molecule has 20 heavy (non-hydrogen) atoms. The molecule has 6 heteroatoms. The van der Waals surface area contributed by atoms with Crippen molar-refractivity contribution in [3.05, 3.63) is 23.0 Å². The first-order valence-electron chi connectivity index (χ1n) is 7.05. The lowest BCUT2D eigenvalue weighted by Gasteiger charge is -2.28. The van der Waals surface area contributed by atoms with Gasteiger partial charge in [-0.15, -0.1) is 0 Å². The molecular weight excluding hydrogens is 278 g/mol. The second-order valence-corrected chi connectivity index (χ2v) is 5.56. The highest BCUT2D eigenvalue weighted by atomic mass is 35.5. The number of morpholine rings is 1. The standard InChI is InChI=1S/C14H22ClN3O2/c1-3-5-18-9-11(15)7-13(18)14(19)17(2)10-12-8-16-4-6-20-12/h7,9,12,16H,3-6,8,10H2,1-2H3. The lowest BCUT2D eigenvalue weighted by Crippen LogP contribution is -2.46. The summed E-state index contributed by atoms with van der Waals surface area (Å²) in [7, 11) is 1.80. The van der Waals surface area contributed by atoms with Crippen LogP contribution in [-0.4, -0.2) is 54.8 Å². The Balaban J connectivity index is 2.01. The SMILES string of the molecule is CCCn1cc(Cl)cc1C(=O)N(C)CC1CNCCO1. The van der Waals surface area contributed by atoms with Crippen molar-refractivity contribution < 1.29 is 9.53 Å². The minimum absolute atomic E-state index is 0.0143. The summed E-state index contributed by atoms with van der Waals surface area (Å²) in [4.78, 5) is 14.2. The van der Waals surface area contributed by atoms with Crippen LogP contribution in [0.4, 0.5) is 0 Å². The molecule has 0 radical (unpaired) electrons. The average molecular weight is 300 g/mol. The Morgan fingerprint density at radius 3 is 3.10 bits per heavy atom. The third-order valence-corrected chi connectivity index (χ3v) is 3.58. The van der Waals surface area contributed by atoms with Crippen LogP contribution in [0.1, 0.15) is 23.8 Å². The van der Waals surface area contributed by atoms with Crippen molar-refractivity contribution in [2.75, 3.05) is 33.3 Å². The van der Waals surface area contributed by atoms with Gasteiger partial charge >= 0.3 is 0 Å². The maximum atomic E-state index is 12.5. The number of hydrogen-bond donors (Lipinski definition) is 1. The molecule has 1 saturated heterocycles. The normalized spacial score (nSPS) is 19.1. The largest absolute Gasteiger partial charge is 0.374 e. The molecule has 1 N–H and O–H groups in total.